The van der Waals surface area contributed by atoms with Crippen LogP contribution in [-0.2, 0) is 6.42 Å². The van der Waals surface area contributed by atoms with Gasteiger partial charge in [-0.1, -0.05) is 37.3 Å². The molecular weight excluding hydrogens is 208 g/mol. The Balaban J connectivity index is 2.25. The van der Waals surface area contributed by atoms with Gasteiger partial charge in [0.05, 0.1) is 11.4 Å². The Bertz CT molecular complexity index is 481. The van der Waals surface area contributed by atoms with Gasteiger partial charge in [-0.3, -0.25) is 4.98 Å². The van der Waals surface area contributed by atoms with Crippen molar-refractivity contribution in [2.24, 2.45) is 5.73 Å². The Labute approximate surface area is 103 Å². The monoisotopic (exact) mass is 226 g/mol. The molecule has 1 aliphatic carbocycles. The lowest BCUT2D eigenvalue weighted by Gasteiger charge is -2.17. The van der Waals surface area contributed by atoms with E-state index in [1.165, 1.54) is 11.1 Å². The number of fused-ring (bicyclic) bond motifs is 1. The zero-order valence-electron chi connectivity index (χ0n) is 10.2. The van der Waals surface area contributed by atoms with Gasteiger partial charge in [-0.05, 0) is 36.5 Å². The molecule has 88 valence electrons. The predicted molar refractivity (Wildman–Crippen MR) is 72.2 cm³/mol. The van der Waals surface area contributed by atoms with Gasteiger partial charge in [0.1, 0.15) is 0 Å². The Kier molecular flexibility index (Phi) is 3.76. The summed E-state index contributed by atoms with van der Waals surface area (Å²) in [6.45, 7) is 2.12. The predicted octanol–water partition coefficient (Wildman–Crippen LogP) is 3.22. The number of aromatic nitrogens is 1. The topological polar surface area (TPSA) is 38.9 Å². The maximum atomic E-state index is 6.15. The summed E-state index contributed by atoms with van der Waals surface area (Å²) in [5, 5.41) is 0. The molecule has 0 aliphatic heterocycles. The van der Waals surface area contributed by atoms with Crippen LogP contribution in [0.2, 0.25) is 0 Å². The highest BCUT2D eigenvalue weighted by molar-refractivity contribution is 5.70. The molecule has 0 spiro atoms. The third-order valence-corrected chi connectivity index (χ3v) is 2.94. The summed E-state index contributed by atoms with van der Waals surface area (Å²) in [5.74, 6) is 0. The molecule has 0 radical (unpaired) electrons. The van der Waals surface area contributed by atoms with Gasteiger partial charge in [-0.2, -0.15) is 0 Å². The summed E-state index contributed by atoms with van der Waals surface area (Å²) in [6, 6.07) is 4.07. The highest BCUT2D eigenvalue weighted by atomic mass is 14.7. The molecule has 0 unspecified atom stereocenters. The number of nitrogens with zero attached hydrogens (tertiary/aromatic N) is 1. The first kappa shape index (κ1) is 11.6. The molecule has 2 rings (SSSR count). The van der Waals surface area contributed by atoms with Crippen molar-refractivity contribution in [2.75, 3.05) is 0 Å². The van der Waals surface area contributed by atoms with E-state index in [2.05, 4.69) is 42.3 Å². The first-order valence-corrected chi connectivity index (χ1v) is 6.09. The van der Waals surface area contributed by atoms with Gasteiger partial charge in [0.15, 0.2) is 0 Å². The lowest BCUT2D eigenvalue weighted by atomic mass is 9.93. The average molecular weight is 226 g/mol. The molecule has 0 atom stereocenters. The Hall–Kier alpha value is -1.83. The standard InChI is InChI=1S/C15H18N2/c1-2-3-4-5-7-12-9-10-13-8-6-11-17-15(13)14(12)16/h3-8,11H,2,9-10,16H2,1H3/b4-3+,7-5-. The van der Waals surface area contributed by atoms with Gasteiger partial charge in [0, 0.05) is 6.20 Å². The van der Waals surface area contributed by atoms with Crippen molar-refractivity contribution in [2.45, 2.75) is 26.2 Å². The molecule has 0 amide bonds. The summed E-state index contributed by atoms with van der Waals surface area (Å²) in [7, 11) is 0. The summed E-state index contributed by atoms with van der Waals surface area (Å²) < 4.78 is 0. The van der Waals surface area contributed by atoms with Gasteiger partial charge in [-0.15, -0.1) is 0 Å². The fourth-order valence-corrected chi connectivity index (χ4v) is 2.00. The first-order valence-electron chi connectivity index (χ1n) is 6.09. The first-order chi connectivity index (χ1) is 8.33. The molecule has 0 fully saturated rings. The van der Waals surface area contributed by atoms with Gasteiger partial charge in [0.25, 0.3) is 0 Å². The molecule has 2 heteroatoms. The molecule has 1 aliphatic rings. The molecule has 0 saturated carbocycles. The van der Waals surface area contributed by atoms with Crippen molar-refractivity contribution < 1.29 is 0 Å². The number of hydrogen-bond acceptors (Lipinski definition) is 2. The fraction of sp³-hybridized carbons (Fsp3) is 0.267. The highest BCUT2D eigenvalue weighted by Crippen LogP contribution is 2.26. The summed E-state index contributed by atoms with van der Waals surface area (Å²) in [4.78, 5) is 4.36. The van der Waals surface area contributed by atoms with Crippen molar-refractivity contribution >= 4 is 5.70 Å². The van der Waals surface area contributed by atoms with Crippen LogP contribution in [0.25, 0.3) is 5.70 Å². The largest absolute Gasteiger partial charge is 0.397 e. The maximum Gasteiger partial charge on any atom is 0.0893 e. The van der Waals surface area contributed by atoms with E-state index in [4.69, 9.17) is 5.73 Å². The van der Waals surface area contributed by atoms with Crippen molar-refractivity contribution in [1.82, 2.24) is 4.98 Å². The maximum absolute atomic E-state index is 6.15. The van der Waals surface area contributed by atoms with Crippen molar-refractivity contribution in [1.29, 1.82) is 0 Å². The quantitative estimate of drug-likeness (QED) is 0.804. The smallest absolute Gasteiger partial charge is 0.0893 e. The van der Waals surface area contributed by atoms with E-state index in [9.17, 15) is 0 Å². The van der Waals surface area contributed by atoms with Crippen LogP contribution in [0.1, 0.15) is 31.0 Å². The Morgan fingerprint density at radius 2 is 2.24 bits per heavy atom. The van der Waals surface area contributed by atoms with E-state index in [1.54, 1.807) is 6.20 Å². The molecule has 0 saturated heterocycles. The lowest BCUT2D eigenvalue weighted by Crippen LogP contribution is -2.11. The van der Waals surface area contributed by atoms with Crippen LogP contribution in [0.3, 0.4) is 0 Å². The minimum atomic E-state index is 0.827. The molecule has 1 aromatic rings. The van der Waals surface area contributed by atoms with Crippen LogP contribution < -0.4 is 5.73 Å². The van der Waals surface area contributed by atoms with Gasteiger partial charge < -0.3 is 5.73 Å². The fourth-order valence-electron chi connectivity index (χ4n) is 2.00. The molecule has 2 nitrogen and oxygen atoms in total. The lowest BCUT2D eigenvalue weighted by molar-refractivity contribution is 0.916. The Morgan fingerprint density at radius 3 is 3.06 bits per heavy atom. The minimum Gasteiger partial charge on any atom is -0.397 e. The van der Waals surface area contributed by atoms with Crippen LogP contribution in [0.5, 0.6) is 0 Å². The normalized spacial score (nSPS) is 15.8. The summed E-state index contributed by atoms with van der Waals surface area (Å²) in [6.07, 6.45) is 13.2. The van der Waals surface area contributed by atoms with E-state index >= 15 is 0 Å². The Morgan fingerprint density at radius 1 is 1.35 bits per heavy atom. The molecular formula is C15H18N2. The third kappa shape index (κ3) is 2.64. The molecule has 0 aromatic carbocycles. The number of nitrogens with two attached hydrogens (primary N) is 1. The number of allylic oxidation sites excluding steroid dienone is 5. The molecule has 0 bridgehead atoms. The summed E-state index contributed by atoms with van der Waals surface area (Å²) in [5.41, 5.74) is 10.4. The van der Waals surface area contributed by atoms with Crippen molar-refractivity contribution in [3.8, 4) is 0 Å². The van der Waals surface area contributed by atoms with E-state index < -0.39 is 0 Å². The zero-order valence-corrected chi connectivity index (χ0v) is 10.2. The number of aryl methyl sites for hydroxylation is 1. The van der Waals surface area contributed by atoms with Crippen LogP contribution in [0.4, 0.5) is 0 Å². The number of pyridine rings is 1. The molecule has 1 heterocycles. The summed E-state index contributed by atoms with van der Waals surface area (Å²) >= 11 is 0. The van der Waals surface area contributed by atoms with Crippen LogP contribution in [-0.4, -0.2) is 4.98 Å². The van der Waals surface area contributed by atoms with E-state index in [-0.39, 0.29) is 0 Å². The van der Waals surface area contributed by atoms with Gasteiger partial charge in [0.2, 0.25) is 0 Å². The van der Waals surface area contributed by atoms with Crippen molar-refractivity contribution in [3.05, 3.63) is 59.5 Å². The van der Waals surface area contributed by atoms with E-state index in [0.29, 0.717) is 0 Å². The average Bonchev–Trinajstić information content (AvgIpc) is 2.37. The minimum absolute atomic E-state index is 0.827. The van der Waals surface area contributed by atoms with E-state index in [0.717, 1.165) is 30.7 Å². The molecule has 17 heavy (non-hydrogen) atoms. The van der Waals surface area contributed by atoms with Gasteiger partial charge in [-0.25, -0.2) is 0 Å². The van der Waals surface area contributed by atoms with E-state index in [1.807, 2.05) is 6.07 Å². The second-order valence-corrected chi connectivity index (χ2v) is 4.15. The van der Waals surface area contributed by atoms with Crippen LogP contribution in [0, 0.1) is 0 Å². The molecule has 2 N–H and O–H groups in total. The number of hydrogen-bond donors (Lipinski definition) is 1. The highest BCUT2D eigenvalue weighted by Gasteiger charge is 2.15. The molecule has 1 aromatic heterocycles. The van der Waals surface area contributed by atoms with Crippen LogP contribution in [0.15, 0.2) is 48.2 Å². The SMILES string of the molecule is CC/C=C/C=C\C1=C(N)c2ncccc2CC1. The van der Waals surface area contributed by atoms with Crippen molar-refractivity contribution in [3.63, 3.8) is 0 Å². The number of rotatable bonds is 3. The third-order valence-electron chi connectivity index (χ3n) is 2.94. The second kappa shape index (κ2) is 5.48. The second-order valence-electron chi connectivity index (χ2n) is 4.15. The van der Waals surface area contributed by atoms with Gasteiger partial charge >= 0.3 is 0 Å². The van der Waals surface area contributed by atoms with Crippen LogP contribution >= 0.6 is 0 Å². The zero-order chi connectivity index (χ0) is 12.1.